The van der Waals surface area contributed by atoms with Crippen molar-refractivity contribution in [1.82, 2.24) is 10.3 Å². The summed E-state index contributed by atoms with van der Waals surface area (Å²) in [5.41, 5.74) is 1.04. The smallest absolute Gasteiger partial charge is 0.185 e. The number of hydrogen-bond donors (Lipinski definition) is 1. The third kappa shape index (κ3) is 3.90. The Bertz CT molecular complexity index is 499. The molecule has 1 fully saturated rings. The van der Waals surface area contributed by atoms with E-state index >= 15 is 0 Å². The molecule has 0 spiro atoms. The molecule has 1 aromatic heterocycles. The summed E-state index contributed by atoms with van der Waals surface area (Å²) in [5.74, 6) is 0.483. The van der Waals surface area contributed by atoms with Crippen molar-refractivity contribution >= 4 is 26.3 Å². The number of aromatic nitrogens is 1. The Morgan fingerprint density at radius 2 is 2.16 bits per heavy atom. The van der Waals surface area contributed by atoms with Crippen LogP contribution in [0.2, 0.25) is 0 Å². The van der Waals surface area contributed by atoms with Gasteiger partial charge in [-0.15, -0.1) is 11.3 Å². The first-order valence-corrected chi connectivity index (χ1v) is 9.36. The van der Waals surface area contributed by atoms with Crippen LogP contribution in [-0.2, 0) is 9.84 Å². The maximum atomic E-state index is 11.4. The molecule has 2 heterocycles. The van der Waals surface area contributed by atoms with Crippen molar-refractivity contribution < 1.29 is 8.42 Å². The highest BCUT2D eigenvalue weighted by molar-refractivity contribution is 7.91. The molecule has 2 rings (SSSR count). The van der Waals surface area contributed by atoms with Crippen LogP contribution in [0.3, 0.4) is 0 Å². The second kappa shape index (κ2) is 6.19. The summed E-state index contributed by atoms with van der Waals surface area (Å²) in [6.07, 6.45) is 1.10. The highest BCUT2D eigenvalue weighted by Gasteiger charge is 2.23. The van der Waals surface area contributed by atoms with Crippen molar-refractivity contribution in [1.29, 1.82) is 0 Å². The Morgan fingerprint density at radius 1 is 1.47 bits per heavy atom. The Kier molecular flexibility index (Phi) is 4.81. The van der Waals surface area contributed by atoms with Gasteiger partial charge in [0.25, 0.3) is 0 Å². The summed E-state index contributed by atoms with van der Waals surface area (Å²) in [7, 11) is -2.82. The molecule has 19 heavy (non-hydrogen) atoms. The minimum Gasteiger partial charge on any atom is -0.346 e. The number of thiazole rings is 1. The van der Waals surface area contributed by atoms with E-state index in [2.05, 4.69) is 34.4 Å². The maximum absolute atomic E-state index is 11.4. The monoisotopic (exact) mass is 303 g/mol. The number of anilines is 1. The van der Waals surface area contributed by atoms with Crippen LogP contribution in [0.4, 0.5) is 5.13 Å². The number of hydrogen-bond acceptors (Lipinski definition) is 6. The Labute approximate surface area is 119 Å². The van der Waals surface area contributed by atoms with Gasteiger partial charge in [-0.05, 0) is 19.9 Å². The van der Waals surface area contributed by atoms with Gasteiger partial charge in [0, 0.05) is 24.5 Å². The van der Waals surface area contributed by atoms with Gasteiger partial charge in [0.2, 0.25) is 0 Å². The summed E-state index contributed by atoms with van der Waals surface area (Å²) in [4.78, 5) is 6.69. The lowest BCUT2D eigenvalue weighted by Crippen LogP contribution is -2.40. The molecule has 0 amide bonds. The Hall–Kier alpha value is -0.660. The van der Waals surface area contributed by atoms with Crippen LogP contribution in [0, 0.1) is 0 Å². The first kappa shape index (κ1) is 14.7. The fourth-order valence-electron chi connectivity index (χ4n) is 1.99. The molecule has 1 aliphatic heterocycles. The van der Waals surface area contributed by atoms with E-state index in [9.17, 15) is 8.42 Å². The zero-order chi connectivity index (χ0) is 13.9. The summed E-state index contributed by atoms with van der Waals surface area (Å²) >= 11 is 1.60. The van der Waals surface area contributed by atoms with E-state index in [1.165, 1.54) is 0 Å². The number of rotatable bonds is 5. The van der Waals surface area contributed by atoms with Crippen LogP contribution in [-0.4, -0.2) is 44.5 Å². The molecule has 1 aliphatic rings. The van der Waals surface area contributed by atoms with Gasteiger partial charge < -0.3 is 10.2 Å². The summed E-state index contributed by atoms with van der Waals surface area (Å²) in [5, 5.41) is 6.41. The zero-order valence-corrected chi connectivity index (χ0v) is 13.1. The Balaban J connectivity index is 1.97. The van der Waals surface area contributed by atoms with Crippen molar-refractivity contribution in [2.45, 2.75) is 26.3 Å². The van der Waals surface area contributed by atoms with Gasteiger partial charge in [-0.2, -0.15) is 0 Å². The van der Waals surface area contributed by atoms with Crippen molar-refractivity contribution in [3.8, 4) is 0 Å². The van der Waals surface area contributed by atoms with E-state index in [1.807, 2.05) is 0 Å². The molecule has 1 saturated heterocycles. The van der Waals surface area contributed by atoms with E-state index in [1.54, 1.807) is 11.3 Å². The van der Waals surface area contributed by atoms with Crippen LogP contribution < -0.4 is 10.2 Å². The molecular formula is C12H21N3O2S2. The fourth-order valence-corrected chi connectivity index (χ4v) is 4.16. The van der Waals surface area contributed by atoms with Crippen LogP contribution in [0.25, 0.3) is 0 Å². The summed E-state index contributed by atoms with van der Waals surface area (Å²) < 4.78 is 22.8. The molecule has 1 unspecified atom stereocenters. The maximum Gasteiger partial charge on any atom is 0.185 e. The van der Waals surface area contributed by atoms with Crippen molar-refractivity contribution in [3.63, 3.8) is 0 Å². The largest absolute Gasteiger partial charge is 0.346 e. The van der Waals surface area contributed by atoms with E-state index in [0.717, 1.165) is 23.8 Å². The van der Waals surface area contributed by atoms with Gasteiger partial charge in [0.15, 0.2) is 15.0 Å². The first-order chi connectivity index (χ1) is 9.02. The van der Waals surface area contributed by atoms with Crippen molar-refractivity contribution in [2.75, 3.05) is 36.0 Å². The van der Waals surface area contributed by atoms with Crippen molar-refractivity contribution in [2.24, 2.45) is 0 Å². The molecule has 1 N–H and O–H groups in total. The lowest BCUT2D eigenvalue weighted by molar-refractivity contribution is 0.560. The van der Waals surface area contributed by atoms with Gasteiger partial charge in [-0.1, -0.05) is 6.92 Å². The molecule has 7 heteroatoms. The quantitative estimate of drug-likeness (QED) is 0.892. The summed E-state index contributed by atoms with van der Waals surface area (Å²) in [6.45, 7) is 6.35. The summed E-state index contributed by atoms with van der Waals surface area (Å²) in [6, 6.07) is 0.249. The van der Waals surface area contributed by atoms with Crippen LogP contribution in [0.5, 0.6) is 0 Å². The predicted molar refractivity (Wildman–Crippen MR) is 79.7 cm³/mol. The average Bonchev–Trinajstić information content (AvgIpc) is 2.85. The van der Waals surface area contributed by atoms with Gasteiger partial charge in [-0.3, -0.25) is 0 Å². The van der Waals surface area contributed by atoms with Gasteiger partial charge in [0.05, 0.1) is 17.2 Å². The van der Waals surface area contributed by atoms with E-state index in [-0.39, 0.29) is 17.5 Å². The molecule has 5 nitrogen and oxygen atoms in total. The van der Waals surface area contributed by atoms with Gasteiger partial charge >= 0.3 is 0 Å². The van der Waals surface area contributed by atoms with Crippen LogP contribution in [0.15, 0.2) is 5.38 Å². The highest BCUT2D eigenvalue weighted by atomic mass is 32.2. The number of sulfone groups is 1. The minimum atomic E-state index is -2.82. The molecule has 0 bridgehead atoms. The third-order valence-electron chi connectivity index (χ3n) is 3.27. The second-order valence-corrected chi connectivity index (χ2v) is 8.01. The van der Waals surface area contributed by atoms with E-state index < -0.39 is 9.84 Å². The molecular weight excluding hydrogens is 282 g/mol. The van der Waals surface area contributed by atoms with E-state index in [0.29, 0.717) is 13.1 Å². The SMILES string of the molecule is CCCNC(C)c1csc(N2CCS(=O)(=O)CC2)n1. The van der Waals surface area contributed by atoms with Gasteiger partial charge in [0.1, 0.15) is 0 Å². The molecule has 0 aliphatic carbocycles. The second-order valence-electron chi connectivity index (χ2n) is 4.87. The topological polar surface area (TPSA) is 62.3 Å². The first-order valence-electron chi connectivity index (χ1n) is 6.66. The van der Waals surface area contributed by atoms with Crippen LogP contribution >= 0.6 is 11.3 Å². The molecule has 1 atom stereocenters. The van der Waals surface area contributed by atoms with Crippen LogP contribution in [0.1, 0.15) is 32.0 Å². The predicted octanol–water partition coefficient (Wildman–Crippen LogP) is 1.44. The average molecular weight is 303 g/mol. The molecule has 0 aromatic carbocycles. The molecule has 0 saturated carbocycles. The normalized spacial score (nSPS) is 20.4. The zero-order valence-electron chi connectivity index (χ0n) is 11.4. The number of nitrogens with one attached hydrogen (secondary N) is 1. The lowest BCUT2D eigenvalue weighted by atomic mass is 10.2. The Morgan fingerprint density at radius 3 is 2.79 bits per heavy atom. The molecule has 0 radical (unpaired) electrons. The highest BCUT2D eigenvalue weighted by Crippen LogP contribution is 2.25. The van der Waals surface area contributed by atoms with Crippen molar-refractivity contribution in [3.05, 3.63) is 11.1 Å². The number of nitrogens with zero attached hydrogens (tertiary/aromatic N) is 2. The third-order valence-corrected chi connectivity index (χ3v) is 5.80. The minimum absolute atomic E-state index is 0.242. The molecule has 108 valence electrons. The molecule has 1 aromatic rings. The van der Waals surface area contributed by atoms with Gasteiger partial charge in [-0.25, -0.2) is 13.4 Å². The lowest BCUT2D eigenvalue weighted by Gasteiger charge is -2.26. The van der Waals surface area contributed by atoms with E-state index in [4.69, 9.17) is 0 Å². The fraction of sp³-hybridized carbons (Fsp3) is 0.750. The standard InChI is InChI=1S/C12H21N3O2S2/c1-3-4-13-10(2)11-9-18-12(14-11)15-5-7-19(16,17)8-6-15/h9-10,13H,3-8H2,1-2H3.